The van der Waals surface area contributed by atoms with E-state index in [0.29, 0.717) is 6.54 Å². The predicted molar refractivity (Wildman–Crippen MR) is 88.2 cm³/mol. The molecule has 0 saturated carbocycles. The molecule has 0 spiro atoms. The topological polar surface area (TPSA) is 45.7 Å². The zero-order valence-corrected chi connectivity index (χ0v) is 14.5. The quantitative estimate of drug-likeness (QED) is 0.639. The highest BCUT2D eigenvalue weighted by Crippen LogP contribution is 2.15. The van der Waals surface area contributed by atoms with Gasteiger partial charge in [-0.25, -0.2) is 0 Å². The third-order valence-electron chi connectivity index (χ3n) is 3.21. The molecule has 0 heterocycles. The standard InChI is InChI=1S/C15H24BrN3O/c1-11-8-13(16)7-6-12(11)9-18-14(17-4)19-10-15(2,3)20-5/h6-8H,9-10H2,1-5H3,(H2,17,18,19). The van der Waals surface area contributed by atoms with Crippen LogP contribution in [0.2, 0.25) is 0 Å². The molecule has 0 atom stereocenters. The summed E-state index contributed by atoms with van der Waals surface area (Å²) in [6, 6.07) is 6.27. The number of nitrogens with zero attached hydrogens (tertiary/aromatic N) is 1. The molecular weight excluding hydrogens is 318 g/mol. The minimum atomic E-state index is -0.217. The molecule has 0 aliphatic rings. The first-order valence-corrected chi connectivity index (χ1v) is 7.42. The Morgan fingerprint density at radius 1 is 1.35 bits per heavy atom. The molecule has 0 saturated heterocycles. The predicted octanol–water partition coefficient (Wildman–Crippen LogP) is 2.85. The second-order valence-corrected chi connectivity index (χ2v) is 6.23. The number of rotatable bonds is 5. The van der Waals surface area contributed by atoms with Crippen LogP contribution in [0, 0.1) is 6.92 Å². The van der Waals surface area contributed by atoms with Crippen LogP contribution in [0.25, 0.3) is 0 Å². The molecule has 0 aromatic heterocycles. The van der Waals surface area contributed by atoms with Crippen molar-refractivity contribution in [2.75, 3.05) is 20.7 Å². The second-order valence-electron chi connectivity index (χ2n) is 5.31. The first kappa shape index (κ1) is 17.0. The molecule has 0 fully saturated rings. The molecule has 0 unspecified atom stereocenters. The fourth-order valence-electron chi connectivity index (χ4n) is 1.63. The SMILES string of the molecule is CN=C(NCc1ccc(Br)cc1C)NCC(C)(C)OC. The zero-order valence-electron chi connectivity index (χ0n) is 12.9. The van der Waals surface area contributed by atoms with Crippen molar-refractivity contribution in [1.82, 2.24) is 10.6 Å². The minimum Gasteiger partial charge on any atom is -0.377 e. The summed E-state index contributed by atoms with van der Waals surface area (Å²) in [5.74, 6) is 0.775. The molecule has 1 aromatic rings. The number of aryl methyl sites for hydroxylation is 1. The second kappa shape index (κ2) is 7.64. The number of halogens is 1. The van der Waals surface area contributed by atoms with Crippen molar-refractivity contribution in [3.05, 3.63) is 33.8 Å². The number of hydrogen-bond acceptors (Lipinski definition) is 2. The molecule has 1 rings (SSSR count). The molecule has 4 nitrogen and oxygen atoms in total. The monoisotopic (exact) mass is 341 g/mol. The summed E-state index contributed by atoms with van der Waals surface area (Å²) in [6.07, 6.45) is 0. The maximum atomic E-state index is 5.38. The largest absolute Gasteiger partial charge is 0.377 e. The first-order valence-electron chi connectivity index (χ1n) is 6.62. The summed E-state index contributed by atoms with van der Waals surface area (Å²) in [5, 5.41) is 6.58. The maximum absolute atomic E-state index is 5.38. The van der Waals surface area contributed by atoms with Crippen molar-refractivity contribution in [3.63, 3.8) is 0 Å². The number of ether oxygens (including phenoxy) is 1. The van der Waals surface area contributed by atoms with Gasteiger partial charge in [-0.15, -0.1) is 0 Å². The Hall–Kier alpha value is -1.07. The molecule has 0 amide bonds. The van der Waals surface area contributed by atoms with Gasteiger partial charge in [0, 0.05) is 31.7 Å². The molecule has 2 N–H and O–H groups in total. The van der Waals surface area contributed by atoms with Gasteiger partial charge in [0.1, 0.15) is 0 Å². The van der Waals surface area contributed by atoms with E-state index in [1.54, 1.807) is 14.2 Å². The van der Waals surface area contributed by atoms with Crippen molar-refractivity contribution >= 4 is 21.9 Å². The van der Waals surface area contributed by atoms with Crippen LogP contribution in [0.4, 0.5) is 0 Å². The lowest BCUT2D eigenvalue weighted by molar-refractivity contribution is 0.0268. The van der Waals surface area contributed by atoms with Gasteiger partial charge in [-0.05, 0) is 44.0 Å². The Labute approximate surface area is 130 Å². The molecule has 20 heavy (non-hydrogen) atoms. The van der Waals surface area contributed by atoms with Crippen LogP contribution < -0.4 is 10.6 Å². The third-order valence-corrected chi connectivity index (χ3v) is 3.70. The molecule has 112 valence electrons. The Balaban J connectivity index is 2.54. The average molecular weight is 342 g/mol. The fourth-order valence-corrected chi connectivity index (χ4v) is 2.10. The van der Waals surface area contributed by atoms with Gasteiger partial charge in [0.05, 0.1) is 5.60 Å². The van der Waals surface area contributed by atoms with Crippen molar-refractivity contribution in [2.45, 2.75) is 32.9 Å². The van der Waals surface area contributed by atoms with Gasteiger partial charge in [0.25, 0.3) is 0 Å². The van der Waals surface area contributed by atoms with E-state index in [9.17, 15) is 0 Å². The lowest BCUT2D eigenvalue weighted by Crippen LogP contribution is -2.45. The van der Waals surface area contributed by atoms with Gasteiger partial charge in [-0.2, -0.15) is 0 Å². The van der Waals surface area contributed by atoms with Gasteiger partial charge in [0.15, 0.2) is 5.96 Å². The summed E-state index contributed by atoms with van der Waals surface area (Å²) in [6.45, 7) is 7.61. The van der Waals surface area contributed by atoms with E-state index < -0.39 is 0 Å². The van der Waals surface area contributed by atoms with Crippen LogP contribution in [0.1, 0.15) is 25.0 Å². The van der Waals surface area contributed by atoms with E-state index >= 15 is 0 Å². The minimum absolute atomic E-state index is 0.217. The summed E-state index contributed by atoms with van der Waals surface area (Å²) < 4.78 is 6.48. The zero-order chi connectivity index (χ0) is 15.2. The lowest BCUT2D eigenvalue weighted by atomic mass is 10.1. The van der Waals surface area contributed by atoms with Crippen LogP contribution in [0.15, 0.2) is 27.7 Å². The van der Waals surface area contributed by atoms with Gasteiger partial charge >= 0.3 is 0 Å². The van der Waals surface area contributed by atoms with E-state index in [-0.39, 0.29) is 5.60 Å². The molecule has 0 aliphatic heterocycles. The average Bonchev–Trinajstić information content (AvgIpc) is 2.41. The Morgan fingerprint density at radius 2 is 2.05 bits per heavy atom. The van der Waals surface area contributed by atoms with E-state index in [4.69, 9.17) is 4.74 Å². The molecular formula is C15H24BrN3O. The third kappa shape index (κ3) is 5.51. The van der Waals surface area contributed by atoms with Crippen molar-refractivity contribution in [2.24, 2.45) is 4.99 Å². The molecule has 1 aromatic carbocycles. The van der Waals surface area contributed by atoms with Crippen molar-refractivity contribution < 1.29 is 4.74 Å². The van der Waals surface area contributed by atoms with Gasteiger partial charge in [-0.1, -0.05) is 22.0 Å². The van der Waals surface area contributed by atoms with Crippen molar-refractivity contribution in [1.29, 1.82) is 0 Å². The number of nitrogens with one attached hydrogen (secondary N) is 2. The highest BCUT2D eigenvalue weighted by Gasteiger charge is 2.16. The van der Waals surface area contributed by atoms with E-state index in [1.165, 1.54) is 11.1 Å². The molecule has 0 aliphatic carbocycles. The van der Waals surface area contributed by atoms with Crippen LogP contribution in [0.3, 0.4) is 0 Å². The Kier molecular flexibility index (Phi) is 6.49. The summed E-state index contributed by atoms with van der Waals surface area (Å²) in [4.78, 5) is 4.22. The van der Waals surface area contributed by atoms with Crippen LogP contribution in [-0.4, -0.2) is 32.3 Å². The van der Waals surface area contributed by atoms with Gasteiger partial charge < -0.3 is 15.4 Å². The summed E-state index contributed by atoms with van der Waals surface area (Å²) in [5.41, 5.74) is 2.28. The number of benzene rings is 1. The number of hydrogen-bond donors (Lipinski definition) is 2. The normalized spacial score (nSPS) is 12.4. The molecule has 0 bridgehead atoms. The van der Waals surface area contributed by atoms with E-state index in [0.717, 1.165) is 17.0 Å². The highest BCUT2D eigenvalue weighted by molar-refractivity contribution is 9.10. The molecule has 5 heteroatoms. The highest BCUT2D eigenvalue weighted by atomic mass is 79.9. The molecule has 0 radical (unpaired) electrons. The van der Waals surface area contributed by atoms with Gasteiger partial charge in [0.2, 0.25) is 0 Å². The number of methoxy groups -OCH3 is 1. The lowest BCUT2D eigenvalue weighted by Gasteiger charge is -2.24. The Bertz CT molecular complexity index is 472. The maximum Gasteiger partial charge on any atom is 0.191 e. The van der Waals surface area contributed by atoms with E-state index in [1.807, 2.05) is 19.9 Å². The van der Waals surface area contributed by atoms with Crippen molar-refractivity contribution in [3.8, 4) is 0 Å². The van der Waals surface area contributed by atoms with Crippen LogP contribution >= 0.6 is 15.9 Å². The number of aliphatic imine (C=N–C) groups is 1. The summed E-state index contributed by atoms with van der Waals surface area (Å²) >= 11 is 3.47. The first-order chi connectivity index (χ1) is 9.38. The number of guanidine groups is 1. The van der Waals surface area contributed by atoms with E-state index in [2.05, 4.69) is 50.6 Å². The smallest absolute Gasteiger partial charge is 0.191 e. The van der Waals surface area contributed by atoms with Gasteiger partial charge in [-0.3, -0.25) is 4.99 Å². The Morgan fingerprint density at radius 3 is 2.60 bits per heavy atom. The summed E-state index contributed by atoms with van der Waals surface area (Å²) in [7, 11) is 3.48. The van der Waals surface area contributed by atoms with Crippen LogP contribution in [-0.2, 0) is 11.3 Å². The fraction of sp³-hybridized carbons (Fsp3) is 0.533. The van der Waals surface area contributed by atoms with Crippen LogP contribution in [0.5, 0.6) is 0 Å².